The van der Waals surface area contributed by atoms with Crippen LogP contribution in [0, 0.1) is 0 Å². The van der Waals surface area contributed by atoms with Gasteiger partial charge in [0.05, 0.1) is 0 Å². The molecule has 0 aromatic heterocycles. The zero-order chi connectivity index (χ0) is 12.0. The monoisotopic (exact) mass is 222 g/mol. The molecule has 0 spiro atoms. The quantitative estimate of drug-likeness (QED) is 0.771. The van der Waals surface area contributed by atoms with Gasteiger partial charge in [-0.15, -0.1) is 0 Å². The highest BCUT2D eigenvalue weighted by Crippen LogP contribution is 2.18. The van der Waals surface area contributed by atoms with E-state index in [1.54, 1.807) is 17.0 Å². The molecule has 0 saturated carbocycles. The third kappa shape index (κ3) is 3.24. The summed E-state index contributed by atoms with van der Waals surface area (Å²) < 4.78 is 4.86. The molecule has 88 valence electrons. The van der Waals surface area contributed by atoms with Gasteiger partial charge in [-0.2, -0.15) is 0 Å². The number of nitrogen functional groups attached to an aromatic ring is 1. The first kappa shape index (κ1) is 12.5. The molecule has 1 aromatic carbocycles. The Bertz CT molecular complexity index is 353. The fourth-order valence-corrected chi connectivity index (χ4v) is 1.52. The van der Waals surface area contributed by atoms with Crippen molar-refractivity contribution >= 4 is 17.3 Å². The lowest BCUT2D eigenvalue weighted by Crippen LogP contribution is -2.34. The smallest absolute Gasteiger partial charge is 0.252 e. The summed E-state index contributed by atoms with van der Waals surface area (Å²) in [5.74, 6) is -0.0463. The van der Waals surface area contributed by atoms with Crippen LogP contribution in [0.15, 0.2) is 24.3 Å². The Morgan fingerprint density at radius 2 is 2.25 bits per heavy atom. The minimum Gasteiger partial charge on any atom is -0.399 e. The maximum Gasteiger partial charge on any atom is 0.252 e. The Morgan fingerprint density at radius 3 is 2.81 bits per heavy atom. The van der Waals surface area contributed by atoms with E-state index in [0.717, 1.165) is 12.1 Å². The fraction of sp³-hybridized carbons (Fsp3) is 0.417. The Hall–Kier alpha value is -1.55. The van der Waals surface area contributed by atoms with Gasteiger partial charge in [0.1, 0.15) is 6.61 Å². The molecular weight excluding hydrogens is 204 g/mol. The van der Waals surface area contributed by atoms with Gasteiger partial charge in [-0.25, -0.2) is 0 Å². The summed E-state index contributed by atoms with van der Waals surface area (Å²) in [6.45, 7) is 2.79. The average molecular weight is 222 g/mol. The van der Waals surface area contributed by atoms with Gasteiger partial charge in [0.25, 0.3) is 5.91 Å². The largest absolute Gasteiger partial charge is 0.399 e. The molecular formula is C12H18N2O2. The van der Waals surface area contributed by atoms with Gasteiger partial charge >= 0.3 is 0 Å². The lowest BCUT2D eigenvalue weighted by molar-refractivity contribution is -0.122. The molecule has 0 aliphatic rings. The third-order valence-electron chi connectivity index (χ3n) is 2.20. The van der Waals surface area contributed by atoms with Gasteiger partial charge in [0, 0.05) is 25.0 Å². The highest BCUT2D eigenvalue weighted by atomic mass is 16.5. The van der Waals surface area contributed by atoms with Gasteiger partial charge in [-0.1, -0.05) is 13.0 Å². The fourth-order valence-electron chi connectivity index (χ4n) is 1.52. The van der Waals surface area contributed by atoms with E-state index in [9.17, 15) is 4.79 Å². The lowest BCUT2D eigenvalue weighted by Gasteiger charge is -2.22. The number of carbonyl (C=O) groups excluding carboxylic acids is 1. The minimum absolute atomic E-state index is 0.0463. The number of rotatable bonds is 5. The van der Waals surface area contributed by atoms with Crippen molar-refractivity contribution < 1.29 is 9.53 Å². The van der Waals surface area contributed by atoms with Crippen molar-refractivity contribution in [3.63, 3.8) is 0 Å². The summed E-state index contributed by atoms with van der Waals surface area (Å²) in [4.78, 5) is 13.5. The van der Waals surface area contributed by atoms with Crippen LogP contribution in [0.3, 0.4) is 0 Å². The van der Waals surface area contributed by atoms with Crippen LogP contribution >= 0.6 is 0 Å². The number of amides is 1. The van der Waals surface area contributed by atoms with Gasteiger partial charge in [0.15, 0.2) is 0 Å². The van der Waals surface area contributed by atoms with Crippen LogP contribution in [0.2, 0.25) is 0 Å². The van der Waals surface area contributed by atoms with Crippen LogP contribution in [0.1, 0.15) is 13.3 Å². The molecule has 4 heteroatoms. The van der Waals surface area contributed by atoms with Crippen molar-refractivity contribution in [3.05, 3.63) is 24.3 Å². The van der Waals surface area contributed by atoms with E-state index >= 15 is 0 Å². The van der Waals surface area contributed by atoms with Crippen LogP contribution in [0.4, 0.5) is 11.4 Å². The summed E-state index contributed by atoms with van der Waals surface area (Å²) in [6, 6.07) is 7.31. The molecule has 1 amide bonds. The zero-order valence-electron chi connectivity index (χ0n) is 9.77. The van der Waals surface area contributed by atoms with Crippen LogP contribution in [0.25, 0.3) is 0 Å². The Morgan fingerprint density at radius 1 is 1.50 bits per heavy atom. The Balaban J connectivity index is 2.88. The van der Waals surface area contributed by atoms with Gasteiger partial charge in [0.2, 0.25) is 0 Å². The molecule has 2 N–H and O–H groups in total. The van der Waals surface area contributed by atoms with Crippen molar-refractivity contribution in [2.45, 2.75) is 13.3 Å². The first-order valence-electron chi connectivity index (χ1n) is 5.34. The van der Waals surface area contributed by atoms with Crippen molar-refractivity contribution in [1.29, 1.82) is 0 Å². The van der Waals surface area contributed by atoms with Gasteiger partial charge in [-0.05, 0) is 24.6 Å². The number of ether oxygens (including phenoxy) is 1. The van der Waals surface area contributed by atoms with Crippen LogP contribution in [-0.4, -0.2) is 26.2 Å². The second-order valence-corrected chi connectivity index (χ2v) is 3.57. The SMILES string of the molecule is CCCN(C(=O)COC)c1cccc(N)c1. The predicted octanol–water partition coefficient (Wildman–Crippen LogP) is 1.66. The predicted molar refractivity (Wildman–Crippen MR) is 65.4 cm³/mol. The van der Waals surface area contributed by atoms with E-state index in [4.69, 9.17) is 10.5 Å². The molecule has 4 nitrogen and oxygen atoms in total. The number of carbonyl (C=O) groups is 1. The molecule has 16 heavy (non-hydrogen) atoms. The highest BCUT2D eigenvalue weighted by Gasteiger charge is 2.14. The van der Waals surface area contributed by atoms with Crippen molar-refractivity contribution in [3.8, 4) is 0 Å². The van der Waals surface area contributed by atoms with E-state index in [2.05, 4.69) is 0 Å². The number of benzene rings is 1. The lowest BCUT2D eigenvalue weighted by atomic mass is 10.2. The van der Waals surface area contributed by atoms with E-state index < -0.39 is 0 Å². The molecule has 0 heterocycles. The number of nitrogens with two attached hydrogens (primary N) is 1. The van der Waals surface area contributed by atoms with Crippen molar-refractivity contribution in [1.82, 2.24) is 0 Å². The average Bonchev–Trinajstić information content (AvgIpc) is 2.26. The molecule has 0 aliphatic heterocycles. The summed E-state index contributed by atoms with van der Waals surface area (Å²) in [6.07, 6.45) is 0.893. The number of anilines is 2. The van der Waals surface area contributed by atoms with E-state index in [1.807, 2.05) is 19.1 Å². The first-order valence-corrected chi connectivity index (χ1v) is 5.34. The Labute approximate surface area is 96.0 Å². The minimum atomic E-state index is -0.0463. The molecule has 0 fully saturated rings. The third-order valence-corrected chi connectivity index (χ3v) is 2.20. The van der Waals surface area contributed by atoms with Crippen LogP contribution < -0.4 is 10.6 Å². The van der Waals surface area contributed by atoms with Crippen LogP contribution in [0.5, 0.6) is 0 Å². The van der Waals surface area contributed by atoms with E-state index in [0.29, 0.717) is 12.2 Å². The number of methoxy groups -OCH3 is 1. The summed E-state index contributed by atoms with van der Waals surface area (Å²) in [7, 11) is 1.52. The van der Waals surface area contributed by atoms with Gasteiger partial charge < -0.3 is 15.4 Å². The number of hydrogen-bond acceptors (Lipinski definition) is 3. The molecule has 0 saturated heterocycles. The zero-order valence-corrected chi connectivity index (χ0v) is 9.77. The van der Waals surface area contributed by atoms with Crippen LogP contribution in [-0.2, 0) is 9.53 Å². The second kappa shape index (κ2) is 6.12. The number of nitrogens with zero attached hydrogens (tertiary/aromatic N) is 1. The van der Waals surface area contributed by atoms with Gasteiger partial charge in [-0.3, -0.25) is 4.79 Å². The maximum atomic E-state index is 11.8. The molecule has 1 aromatic rings. The molecule has 0 bridgehead atoms. The molecule has 0 atom stereocenters. The summed E-state index contributed by atoms with van der Waals surface area (Å²) >= 11 is 0. The normalized spacial score (nSPS) is 10.1. The molecule has 1 rings (SSSR count). The van der Waals surface area contributed by atoms with Crippen molar-refractivity contribution in [2.24, 2.45) is 0 Å². The van der Waals surface area contributed by atoms with E-state index in [-0.39, 0.29) is 12.5 Å². The summed E-state index contributed by atoms with van der Waals surface area (Å²) in [5, 5.41) is 0. The van der Waals surface area contributed by atoms with E-state index in [1.165, 1.54) is 7.11 Å². The summed E-state index contributed by atoms with van der Waals surface area (Å²) in [5.41, 5.74) is 7.18. The Kier molecular flexibility index (Phi) is 4.79. The second-order valence-electron chi connectivity index (χ2n) is 3.57. The number of hydrogen-bond donors (Lipinski definition) is 1. The van der Waals surface area contributed by atoms with Crippen molar-refractivity contribution in [2.75, 3.05) is 30.9 Å². The standard InChI is InChI=1S/C12H18N2O2/c1-3-7-14(12(15)9-16-2)11-6-4-5-10(13)8-11/h4-6,8H,3,7,9,13H2,1-2H3. The molecule has 0 aliphatic carbocycles. The molecule has 0 unspecified atom stereocenters. The maximum absolute atomic E-state index is 11.8. The highest BCUT2D eigenvalue weighted by molar-refractivity contribution is 5.94. The topological polar surface area (TPSA) is 55.6 Å². The first-order chi connectivity index (χ1) is 7.69. The molecule has 0 radical (unpaired) electrons.